The quantitative estimate of drug-likeness (QED) is 0.840. The molecule has 0 spiro atoms. The van der Waals surface area contributed by atoms with Crippen molar-refractivity contribution < 1.29 is 14.6 Å². The van der Waals surface area contributed by atoms with Gasteiger partial charge in [0.1, 0.15) is 12.4 Å². The fourth-order valence-corrected chi connectivity index (χ4v) is 1.30. The Morgan fingerprint density at radius 1 is 1.50 bits per heavy atom. The Bertz CT molecular complexity index is 535. The van der Waals surface area contributed by atoms with Crippen LogP contribution in [0.15, 0.2) is 24.5 Å². The topological polar surface area (TPSA) is 90.1 Å². The molecule has 0 bridgehead atoms. The van der Waals surface area contributed by atoms with E-state index >= 15 is 0 Å². The lowest BCUT2D eigenvalue weighted by molar-refractivity contribution is 0.0690. The van der Waals surface area contributed by atoms with Crippen LogP contribution in [0.3, 0.4) is 0 Å². The number of hydrogen-bond acceptors (Lipinski definition) is 5. The molecule has 0 fully saturated rings. The van der Waals surface area contributed by atoms with Crippen LogP contribution < -0.4 is 4.74 Å². The van der Waals surface area contributed by atoms with Crippen LogP contribution in [-0.4, -0.2) is 37.7 Å². The van der Waals surface area contributed by atoms with Crippen molar-refractivity contribution in [3.63, 3.8) is 0 Å². The number of carboxylic acid groups (broad SMARTS) is 1. The third-order valence-electron chi connectivity index (χ3n) is 2.23. The molecule has 0 saturated heterocycles. The summed E-state index contributed by atoms with van der Waals surface area (Å²) in [6.07, 6.45) is 3.00. The Balaban J connectivity index is 1.84. The molecule has 2 aromatic heterocycles. The average Bonchev–Trinajstić information content (AvgIpc) is 2.81. The van der Waals surface area contributed by atoms with Crippen LogP contribution >= 0.6 is 0 Å². The third kappa shape index (κ3) is 3.03. The lowest BCUT2D eigenvalue weighted by atomic mass is 10.4. The summed E-state index contributed by atoms with van der Waals surface area (Å²) in [6, 6.07) is 3.68. The maximum Gasteiger partial charge on any atom is 0.358 e. The molecule has 0 atom stereocenters. The molecular weight excluding hydrogens is 236 g/mol. The highest BCUT2D eigenvalue weighted by Gasteiger charge is 2.07. The van der Waals surface area contributed by atoms with Crippen molar-refractivity contribution in [2.75, 3.05) is 6.61 Å². The van der Waals surface area contributed by atoms with Gasteiger partial charge in [-0.05, 0) is 19.1 Å². The van der Waals surface area contributed by atoms with E-state index in [1.165, 1.54) is 10.9 Å². The summed E-state index contributed by atoms with van der Waals surface area (Å²) in [5, 5.41) is 15.8. The Morgan fingerprint density at radius 3 is 2.94 bits per heavy atom. The largest absolute Gasteiger partial charge is 0.490 e. The molecule has 0 aliphatic rings. The van der Waals surface area contributed by atoms with Gasteiger partial charge in [0, 0.05) is 5.69 Å². The highest BCUT2D eigenvalue weighted by atomic mass is 16.5. The van der Waals surface area contributed by atoms with Crippen LogP contribution in [0.5, 0.6) is 5.75 Å². The minimum atomic E-state index is -1.09. The molecule has 7 heteroatoms. The van der Waals surface area contributed by atoms with Crippen molar-refractivity contribution >= 4 is 5.97 Å². The van der Waals surface area contributed by atoms with Crippen LogP contribution in [0.2, 0.25) is 0 Å². The van der Waals surface area contributed by atoms with E-state index < -0.39 is 5.97 Å². The zero-order chi connectivity index (χ0) is 13.0. The van der Waals surface area contributed by atoms with Crippen LogP contribution in [0.4, 0.5) is 0 Å². The fraction of sp³-hybridized carbons (Fsp3) is 0.273. The van der Waals surface area contributed by atoms with Crippen molar-refractivity contribution in [1.82, 2.24) is 20.0 Å². The summed E-state index contributed by atoms with van der Waals surface area (Å²) in [6.45, 7) is 2.69. The molecule has 94 valence electrons. The van der Waals surface area contributed by atoms with Gasteiger partial charge in [-0.3, -0.25) is 4.98 Å². The summed E-state index contributed by atoms with van der Waals surface area (Å²) in [4.78, 5) is 14.7. The number of pyridine rings is 1. The smallest absolute Gasteiger partial charge is 0.358 e. The van der Waals surface area contributed by atoms with Crippen molar-refractivity contribution in [3.8, 4) is 5.75 Å². The molecule has 0 saturated carbocycles. The lowest BCUT2D eigenvalue weighted by Crippen LogP contribution is -2.09. The molecule has 0 amide bonds. The van der Waals surface area contributed by atoms with Crippen molar-refractivity contribution in [1.29, 1.82) is 0 Å². The standard InChI is InChI=1S/C11H12N4O3/c1-8-2-3-9(6-12-8)18-5-4-15-7-10(11(16)17)13-14-15/h2-3,6-7H,4-5H2,1H3,(H,16,17). The van der Waals surface area contributed by atoms with Gasteiger partial charge in [0.2, 0.25) is 0 Å². The van der Waals surface area contributed by atoms with Crippen LogP contribution in [0.1, 0.15) is 16.2 Å². The van der Waals surface area contributed by atoms with E-state index in [4.69, 9.17) is 9.84 Å². The molecule has 2 aromatic rings. The van der Waals surface area contributed by atoms with Gasteiger partial charge >= 0.3 is 5.97 Å². The highest BCUT2D eigenvalue weighted by Crippen LogP contribution is 2.08. The molecule has 0 aliphatic carbocycles. The summed E-state index contributed by atoms with van der Waals surface area (Å²) in [5.41, 5.74) is 0.844. The first-order valence-electron chi connectivity index (χ1n) is 5.34. The molecule has 0 aromatic carbocycles. The maximum absolute atomic E-state index is 10.6. The minimum Gasteiger partial charge on any atom is -0.490 e. The van der Waals surface area contributed by atoms with Crippen LogP contribution in [0, 0.1) is 6.92 Å². The zero-order valence-corrected chi connectivity index (χ0v) is 9.78. The number of aromatic carboxylic acids is 1. The predicted octanol–water partition coefficient (Wildman–Crippen LogP) is 0.759. The van der Waals surface area contributed by atoms with Crippen molar-refractivity contribution in [2.24, 2.45) is 0 Å². The van der Waals surface area contributed by atoms with Gasteiger partial charge in [0.05, 0.1) is 18.9 Å². The minimum absolute atomic E-state index is 0.0768. The van der Waals surface area contributed by atoms with Crippen LogP contribution in [-0.2, 0) is 6.54 Å². The Labute approximate surface area is 103 Å². The number of aromatic nitrogens is 4. The van der Waals surface area contributed by atoms with Gasteiger partial charge in [-0.2, -0.15) is 0 Å². The van der Waals surface area contributed by atoms with E-state index in [1.807, 2.05) is 19.1 Å². The molecule has 1 N–H and O–H groups in total. The number of nitrogens with zero attached hydrogens (tertiary/aromatic N) is 4. The van der Waals surface area contributed by atoms with Gasteiger partial charge < -0.3 is 9.84 Å². The van der Waals surface area contributed by atoms with Gasteiger partial charge in [-0.1, -0.05) is 5.21 Å². The van der Waals surface area contributed by atoms with E-state index in [-0.39, 0.29) is 5.69 Å². The second kappa shape index (κ2) is 5.26. The highest BCUT2D eigenvalue weighted by molar-refractivity contribution is 5.84. The van der Waals surface area contributed by atoms with Gasteiger partial charge in [0.25, 0.3) is 0 Å². The number of hydrogen-bond donors (Lipinski definition) is 1. The van der Waals surface area contributed by atoms with E-state index in [9.17, 15) is 4.79 Å². The number of carboxylic acids is 1. The normalized spacial score (nSPS) is 10.3. The first kappa shape index (κ1) is 12.0. The summed E-state index contributed by atoms with van der Waals surface area (Å²) in [7, 11) is 0. The molecule has 0 aliphatic heterocycles. The summed E-state index contributed by atoms with van der Waals surface area (Å²) in [5.74, 6) is -0.427. The summed E-state index contributed by atoms with van der Waals surface area (Å²) < 4.78 is 6.86. The first-order chi connectivity index (χ1) is 8.65. The third-order valence-corrected chi connectivity index (χ3v) is 2.23. The number of rotatable bonds is 5. The predicted molar refractivity (Wildman–Crippen MR) is 61.5 cm³/mol. The summed E-state index contributed by atoms with van der Waals surface area (Å²) >= 11 is 0. The monoisotopic (exact) mass is 248 g/mol. The SMILES string of the molecule is Cc1ccc(OCCn2cc(C(=O)O)nn2)cn1. The van der Waals surface area contributed by atoms with E-state index in [1.54, 1.807) is 6.20 Å². The second-order valence-electron chi connectivity index (χ2n) is 3.66. The first-order valence-corrected chi connectivity index (χ1v) is 5.34. The molecule has 7 nitrogen and oxygen atoms in total. The van der Waals surface area contributed by atoms with E-state index in [2.05, 4.69) is 15.3 Å². The number of ether oxygens (including phenoxy) is 1. The molecule has 0 unspecified atom stereocenters. The number of aryl methyl sites for hydroxylation is 1. The van der Waals surface area contributed by atoms with Crippen LogP contribution in [0.25, 0.3) is 0 Å². The Morgan fingerprint density at radius 2 is 2.33 bits per heavy atom. The lowest BCUT2D eigenvalue weighted by Gasteiger charge is -2.05. The zero-order valence-electron chi connectivity index (χ0n) is 9.78. The molecular formula is C11H12N4O3. The average molecular weight is 248 g/mol. The van der Waals surface area contributed by atoms with E-state index in [0.29, 0.717) is 18.9 Å². The van der Waals surface area contributed by atoms with Gasteiger partial charge in [-0.15, -0.1) is 5.10 Å². The van der Waals surface area contributed by atoms with Crippen molar-refractivity contribution in [3.05, 3.63) is 35.9 Å². The van der Waals surface area contributed by atoms with Gasteiger partial charge in [0.15, 0.2) is 5.69 Å². The molecule has 2 heterocycles. The second-order valence-corrected chi connectivity index (χ2v) is 3.66. The molecule has 18 heavy (non-hydrogen) atoms. The Kier molecular flexibility index (Phi) is 3.52. The Hall–Kier alpha value is -2.44. The molecule has 2 rings (SSSR count). The van der Waals surface area contributed by atoms with Gasteiger partial charge in [-0.25, -0.2) is 9.48 Å². The fourth-order valence-electron chi connectivity index (χ4n) is 1.30. The number of carbonyl (C=O) groups is 1. The van der Waals surface area contributed by atoms with Crippen molar-refractivity contribution in [2.45, 2.75) is 13.5 Å². The maximum atomic E-state index is 10.6. The molecule has 0 radical (unpaired) electrons. The van der Waals surface area contributed by atoms with E-state index in [0.717, 1.165) is 5.69 Å².